The van der Waals surface area contributed by atoms with E-state index in [9.17, 15) is 0 Å². The molecule has 0 fully saturated rings. The maximum absolute atomic E-state index is 2.54. The Balaban J connectivity index is 1.40. The van der Waals surface area contributed by atoms with E-state index in [1.165, 1.54) is 98.7 Å². The van der Waals surface area contributed by atoms with E-state index in [2.05, 4.69) is 184 Å². The Labute approximate surface area is 286 Å². The molecule has 230 valence electrons. The van der Waals surface area contributed by atoms with Gasteiger partial charge >= 0.3 is 0 Å². The zero-order valence-electron chi connectivity index (χ0n) is 27.7. The van der Waals surface area contributed by atoms with Crippen molar-refractivity contribution in [1.82, 2.24) is 0 Å². The lowest BCUT2D eigenvalue weighted by Crippen LogP contribution is -2.14. The average molecular weight is 623 g/mol. The molecule has 0 heteroatoms. The molecule has 49 heavy (non-hydrogen) atoms. The Bertz CT molecular complexity index is 2780. The van der Waals surface area contributed by atoms with Crippen molar-refractivity contribution in [3.05, 3.63) is 181 Å². The minimum Gasteiger partial charge on any atom is -0.0622 e. The van der Waals surface area contributed by atoms with Crippen LogP contribution in [-0.2, 0) is 5.41 Å². The van der Waals surface area contributed by atoms with Crippen molar-refractivity contribution in [1.29, 1.82) is 0 Å². The lowest BCUT2D eigenvalue weighted by atomic mass is 9.79. The molecule has 9 aromatic rings. The normalized spacial score (nSPS) is 13.3. The summed E-state index contributed by atoms with van der Waals surface area (Å²) in [6.45, 7) is 4.77. The van der Waals surface area contributed by atoms with E-state index in [0.717, 1.165) is 0 Å². The SMILES string of the molecule is CC1(C)c2ccccc2-c2cc3c(-c4ccc5ccccc5c4)c4ccc(-c5ccccc5)cc4c(-c4ccc5ccccc5c4)c3cc21. The average Bonchev–Trinajstić information content (AvgIpc) is 3.38. The first-order valence-electron chi connectivity index (χ1n) is 17.3. The van der Waals surface area contributed by atoms with Gasteiger partial charge in [0.15, 0.2) is 0 Å². The summed E-state index contributed by atoms with van der Waals surface area (Å²) in [5, 5.41) is 10.2. The monoisotopic (exact) mass is 622 g/mol. The second-order valence-electron chi connectivity index (χ2n) is 14.1. The van der Waals surface area contributed by atoms with Gasteiger partial charge in [-0.3, -0.25) is 0 Å². The Hall–Kier alpha value is -5.98. The molecule has 0 aromatic heterocycles. The van der Waals surface area contributed by atoms with Gasteiger partial charge in [0.05, 0.1) is 0 Å². The highest BCUT2D eigenvalue weighted by atomic mass is 14.4. The highest BCUT2D eigenvalue weighted by Gasteiger charge is 2.36. The first-order chi connectivity index (χ1) is 24.0. The van der Waals surface area contributed by atoms with Gasteiger partial charge in [0.2, 0.25) is 0 Å². The van der Waals surface area contributed by atoms with Gasteiger partial charge in [-0.1, -0.05) is 153 Å². The van der Waals surface area contributed by atoms with Crippen LogP contribution in [0.1, 0.15) is 25.0 Å². The number of rotatable bonds is 3. The topological polar surface area (TPSA) is 0 Å². The summed E-state index contributed by atoms with van der Waals surface area (Å²) < 4.78 is 0. The molecule has 0 saturated carbocycles. The van der Waals surface area contributed by atoms with Crippen molar-refractivity contribution in [2.45, 2.75) is 19.3 Å². The van der Waals surface area contributed by atoms with Crippen LogP contribution in [0.15, 0.2) is 170 Å². The molecule has 0 saturated heterocycles. The summed E-state index contributed by atoms with van der Waals surface area (Å²) in [6.07, 6.45) is 0. The van der Waals surface area contributed by atoms with E-state index in [4.69, 9.17) is 0 Å². The summed E-state index contributed by atoms with van der Waals surface area (Å²) in [7, 11) is 0. The largest absolute Gasteiger partial charge is 0.0622 e. The van der Waals surface area contributed by atoms with Crippen LogP contribution in [0.4, 0.5) is 0 Å². The lowest BCUT2D eigenvalue weighted by Gasteiger charge is -2.24. The quantitative estimate of drug-likeness (QED) is 0.172. The van der Waals surface area contributed by atoms with Crippen molar-refractivity contribution in [2.24, 2.45) is 0 Å². The highest BCUT2D eigenvalue weighted by molar-refractivity contribution is 6.23. The van der Waals surface area contributed by atoms with E-state index >= 15 is 0 Å². The molecule has 0 N–H and O–H groups in total. The first-order valence-corrected chi connectivity index (χ1v) is 17.3. The van der Waals surface area contributed by atoms with Crippen LogP contribution in [0.25, 0.3) is 87.6 Å². The van der Waals surface area contributed by atoms with Gasteiger partial charge in [0.25, 0.3) is 0 Å². The van der Waals surface area contributed by atoms with Gasteiger partial charge in [-0.05, 0) is 129 Å². The first kappa shape index (κ1) is 28.1. The van der Waals surface area contributed by atoms with Crippen LogP contribution in [0.3, 0.4) is 0 Å². The van der Waals surface area contributed by atoms with Crippen LogP contribution in [0.5, 0.6) is 0 Å². The molecule has 0 atom stereocenters. The molecule has 9 aromatic carbocycles. The summed E-state index contributed by atoms with van der Waals surface area (Å²) in [5.41, 5.74) is 12.9. The molecule has 0 aliphatic heterocycles. The number of benzene rings is 9. The van der Waals surface area contributed by atoms with Crippen LogP contribution < -0.4 is 0 Å². The molecule has 10 rings (SSSR count). The zero-order chi connectivity index (χ0) is 32.7. The lowest BCUT2D eigenvalue weighted by molar-refractivity contribution is 0.661. The molecule has 0 spiro atoms. The Kier molecular flexibility index (Phi) is 6.02. The molecular formula is C49H34. The molecule has 1 aliphatic carbocycles. The standard InChI is InChI=1S/C49H34/c1-49(2)45-19-11-10-18-39(45)41-29-43-44(30-46(41)49)48(38-23-21-33-15-7-9-17-35(33)27-38)42-28-36(31-12-4-3-5-13-31)24-25-40(42)47(43)37-22-20-32-14-6-8-16-34(32)26-37/h3-30H,1-2H3. The van der Waals surface area contributed by atoms with E-state index in [1.54, 1.807) is 0 Å². The van der Waals surface area contributed by atoms with Gasteiger partial charge in [0.1, 0.15) is 0 Å². The molecule has 0 amide bonds. The third kappa shape index (κ3) is 4.24. The molecule has 1 aliphatic rings. The molecule has 0 nitrogen and oxygen atoms in total. The third-order valence-electron chi connectivity index (χ3n) is 11.0. The van der Waals surface area contributed by atoms with Crippen LogP contribution in [-0.4, -0.2) is 0 Å². The summed E-state index contributed by atoms with van der Waals surface area (Å²) in [5.74, 6) is 0. The fourth-order valence-electron chi connectivity index (χ4n) is 8.54. The summed E-state index contributed by atoms with van der Waals surface area (Å²) in [4.78, 5) is 0. The van der Waals surface area contributed by atoms with Gasteiger partial charge in [0, 0.05) is 5.41 Å². The van der Waals surface area contributed by atoms with Gasteiger partial charge in [-0.25, -0.2) is 0 Å². The zero-order valence-corrected chi connectivity index (χ0v) is 27.7. The number of fused-ring (bicyclic) bond motifs is 7. The summed E-state index contributed by atoms with van der Waals surface area (Å²) in [6, 6.07) is 63.4. The fraction of sp³-hybridized carbons (Fsp3) is 0.0612. The number of hydrogen-bond acceptors (Lipinski definition) is 0. The smallest absolute Gasteiger partial charge is 0.0159 e. The predicted octanol–water partition coefficient (Wildman–Crippen LogP) is 13.6. The van der Waals surface area contributed by atoms with E-state index in [1.807, 2.05) is 0 Å². The minimum absolute atomic E-state index is 0.106. The second kappa shape index (κ2) is 10.5. The van der Waals surface area contributed by atoms with Gasteiger partial charge in [-0.15, -0.1) is 0 Å². The van der Waals surface area contributed by atoms with Crippen molar-refractivity contribution in [2.75, 3.05) is 0 Å². The predicted molar refractivity (Wildman–Crippen MR) is 210 cm³/mol. The molecule has 0 unspecified atom stereocenters. The van der Waals surface area contributed by atoms with E-state index in [0.29, 0.717) is 0 Å². The maximum atomic E-state index is 2.54. The summed E-state index contributed by atoms with van der Waals surface area (Å²) >= 11 is 0. The van der Waals surface area contributed by atoms with Crippen molar-refractivity contribution in [3.63, 3.8) is 0 Å². The van der Waals surface area contributed by atoms with Crippen LogP contribution in [0.2, 0.25) is 0 Å². The second-order valence-corrected chi connectivity index (χ2v) is 14.1. The van der Waals surface area contributed by atoms with Crippen molar-refractivity contribution < 1.29 is 0 Å². The minimum atomic E-state index is -0.106. The van der Waals surface area contributed by atoms with Crippen LogP contribution >= 0.6 is 0 Å². The maximum Gasteiger partial charge on any atom is 0.0159 e. The highest BCUT2D eigenvalue weighted by Crippen LogP contribution is 2.53. The number of hydrogen-bond donors (Lipinski definition) is 0. The van der Waals surface area contributed by atoms with E-state index in [-0.39, 0.29) is 5.41 Å². The third-order valence-corrected chi connectivity index (χ3v) is 11.0. The fourth-order valence-corrected chi connectivity index (χ4v) is 8.54. The Morgan fingerprint density at radius 3 is 1.53 bits per heavy atom. The van der Waals surface area contributed by atoms with Crippen molar-refractivity contribution >= 4 is 43.1 Å². The molecule has 0 radical (unpaired) electrons. The Morgan fingerprint density at radius 1 is 0.306 bits per heavy atom. The molecular weight excluding hydrogens is 589 g/mol. The van der Waals surface area contributed by atoms with Crippen molar-refractivity contribution in [3.8, 4) is 44.5 Å². The van der Waals surface area contributed by atoms with Gasteiger partial charge in [-0.2, -0.15) is 0 Å². The van der Waals surface area contributed by atoms with Crippen LogP contribution in [0, 0.1) is 0 Å². The molecule has 0 heterocycles. The van der Waals surface area contributed by atoms with E-state index < -0.39 is 0 Å². The Morgan fingerprint density at radius 2 is 0.837 bits per heavy atom. The van der Waals surface area contributed by atoms with Gasteiger partial charge < -0.3 is 0 Å². The molecule has 0 bridgehead atoms.